The third-order valence-electron chi connectivity index (χ3n) is 2.83. The summed E-state index contributed by atoms with van der Waals surface area (Å²) in [5.74, 6) is -0.537. The second-order valence-electron chi connectivity index (χ2n) is 4.39. The Balaban J connectivity index is 2.24. The van der Waals surface area contributed by atoms with E-state index in [0.29, 0.717) is 0 Å². The topological polar surface area (TPSA) is 90.6 Å². The van der Waals surface area contributed by atoms with E-state index in [9.17, 15) is 28.4 Å². The molecule has 23 heavy (non-hydrogen) atoms. The largest absolute Gasteiger partial charge is 0.872 e. The molecule has 2 aromatic rings. The van der Waals surface area contributed by atoms with E-state index in [0.717, 1.165) is 30.5 Å². The van der Waals surface area contributed by atoms with Gasteiger partial charge in [-0.15, -0.1) is 0 Å². The molecule has 0 bridgehead atoms. The maximum atomic E-state index is 12.8. The Labute approximate surface area is 128 Å². The van der Waals surface area contributed by atoms with Crippen LogP contribution in [-0.2, 0) is 6.18 Å². The molecule has 0 spiro atoms. The lowest BCUT2D eigenvalue weighted by Gasteiger charge is -2.12. The number of halogens is 3. The second-order valence-corrected chi connectivity index (χ2v) is 4.39. The normalized spacial score (nSPS) is 11.6. The molecule has 2 rings (SSSR count). The highest BCUT2D eigenvalue weighted by atomic mass is 19.4. The molecule has 0 aliphatic carbocycles. The van der Waals surface area contributed by atoms with Crippen LogP contribution in [0, 0.1) is 10.1 Å². The number of nitro benzene ring substituents is 1. The predicted molar refractivity (Wildman–Crippen MR) is 75.2 cm³/mol. The minimum Gasteiger partial charge on any atom is -0.872 e. The molecule has 0 aliphatic heterocycles. The highest BCUT2D eigenvalue weighted by Gasteiger charge is 2.33. The van der Waals surface area contributed by atoms with Crippen molar-refractivity contribution in [2.75, 3.05) is 5.43 Å². The fourth-order valence-corrected chi connectivity index (χ4v) is 1.75. The molecule has 9 heteroatoms. The Morgan fingerprint density at radius 1 is 1.17 bits per heavy atom. The zero-order chi connectivity index (χ0) is 17.0. The first-order valence-corrected chi connectivity index (χ1v) is 6.20. The molecule has 0 saturated heterocycles. The number of nitrogens with one attached hydrogen (secondary N) is 1. The molecule has 0 amide bonds. The minimum atomic E-state index is -4.56. The number of hydrogen-bond donors (Lipinski definition) is 1. The molecule has 0 saturated carbocycles. The number of para-hydroxylation sites is 1. The van der Waals surface area contributed by atoms with Crippen LogP contribution >= 0.6 is 0 Å². The summed E-state index contributed by atoms with van der Waals surface area (Å²) in [5, 5.41) is 25.7. The Morgan fingerprint density at radius 2 is 1.87 bits per heavy atom. The van der Waals surface area contributed by atoms with Gasteiger partial charge >= 0.3 is 6.18 Å². The minimum absolute atomic E-state index is 0.115. The van der Waals surface area contributed by atoms with Crippen LogP contribution in [0.5, 0.6) is 5.75 Å². The van der Waals surface area contributed by atoms with Crippen molar-refractivity contribution in [3.05, 3.63) is 63.7 Å². The predicted octanol–water partition coefficient (Wildman–Crippen LogP) is 3.13. The van der Waals surface area contributed by atoms with Gasteiger partial charge < -0.3 is 5.11 Å². The van der Waals surface area contributed by atoms with Crippen molar-refractivity contribution in [2.24, 2.45) is 5.10 Å². The summed E-state index contributed by atoms with van der Waals surface area (Å²) in [5.41, 5.74) is 0.537. The van der Waals surface area contributed by atoms with Gasteiger partial charge in [0.2, 0.25) is 0 Å². The van der Waals surface area contributed by atoms with E-state index in [4.69, 9.17) is 0 Å². The molecular weight excluding hydrogens is 315 g/mol. The lowest BCUT2D eigenvalue weighted by molar-refractivity contribution is -0.385. The number of rotatable bonds is 4. The van der Waals surface area contributed by atoms with Gasteiger partial charge in [-0.3, -0.25) is 15.5 Å². The lowest BCUT2D eigenvalue weighted by atomic mass is 10.2. The van der Waals surface area contributed by atoms with Crippen molar-refractivity contribution in [1.29, 1.82) is 0 Å². The molecule has 0 atom stereocenters. The first-order valence-electron chi connectivity index (χ1n) is 6.20. The first-order chi connectivity index (χ1) is 10.8. The van der Waals surface area contributed by atoms with Gasteiger partial charge in [-0.25, -0.2) is 0 Å². The number of nitrogens with zero attached hydrogens (tertiary/aromatic N) is 2. The Hall–Kier alpha value is -3.10. The molecule has 0 heterocycles. The Bertz CT molecular complexity index is 760. The van der Waals surface area contributed by atoms with E-state index in [1.807, 2.05) is 0 Å². The standard InChI is InChI=1S/C14H10F3N3O3/c15-14(16,17)11-3-1-2-4-12(11)19-18-8-9-7-10(20(22)23)5-6-13(9)21/h1-8,19,21H/p-1/b18-8-. The van der Waals surface area contributed by atoms with Gasteiger partial charge in [-0.1, -0.05) is 23.9 Å². The van der Waals surface area contributed by atoms with Crippen LogP contribution in [0.4, 0.5) is 24.5 Å². The van der Waals surface area contributed by atoms with E-state index in [-0.39, 0.29) is 16.9 Å². The maximum absolute atomic E-state index is 12.8. The zero-order valence-corrected chi connectivity index (χ0v) is 11.4. The van der Waals surface area contributed by atoms with Crippen molar-refractivity contribution >= 4 is 17.6 Å². The number of benzene rings is 2. The van der Waals surface area contributed by atoms with E-state index >= 15 is 0 Å². The molecule has 0 aliphatic rings. The fraction of sp³-hybridized carbons (Fsp3) is 0.0714. The summed E-state index contributed by atoms with van der Waals surface area (Å²) in [6.45, 7) is 0. The van der Waals surface area contributed by atoms with Gasteiger partial charge in [-0.05, 0) is 17.7 Å². The average molecular weight is 324 g/mol. The van der Waals surface area contributed by atoms with Gasteiger partial charge in [0.25, 0.3) is 5.69 Å². The van der Waals surface area contributed by atoms with Crippen LogP contribution in [0.3, 0.4) is 0 Å². The van der Waals surface area contributed by atoms with Crippen LogP contribution in [-0.4, -0.2) is 11.1 Å². The third kappa shape index (κ3) is 3.96. The van der Waals surface area contributed by atoms with Gasteiger partial charge in [0.1, 0.15) is 0 Å². The van der Waals surface area contributed by atoms with Crippen LogP contribution < -0.4 is 10.5 Å². The molecule has 2 aromatic carbocycles. The Kier molecular flexibility index (Phi) is 4.49. The quantitative estimate of drug-likeness (QED) is 0.531. The molecule has 0 radical (unpaired) electrons. The van der Waals surface area contributed by atoms with Gasteiger partial charge in [0.15, 0.2) is 0 Å². The zero-order valence-electron chi connectivity index (χ0n) is 11.4. The summed E-state index contributed by atoms with van der Waals surface area (Å²) in [7, 11) is 0. The van der Waals surface area contributed by atoms with Crippen LogP contribution in [0.1, 0.15) is 11.1 Å². The van der Waals surface area contributed by atoms with Crippen LogP contribution in [0.15, 0.2) is 47.6 Å². The molecule has 120 valence electrons. The van der Waals surface area contributed by atoms with E-state index in [1.165, 1.54) is 18.2 Å². The van der Waals surface area contributed by atoms with Crippen molar-refractivity contribution < 1.29 is 23.2 Å². The second kappa shape index (κ2) is 6.34. The monoisotopic (exact) mass is 324 g/mol. The third-order valence-corrected chi connectivity index (χ3v) is 2.83. The van der Waals surface area contributed by atoms with Gasteiger partial charge in [-0.2, -0.15) is 18.3 Å². The number of alkyl halides is 3. The number of hydrogen-bond acceptors (Lipinski definition) is 5. The highest BCUT2D eigenvalue weighted by Crippen LogP contribution is 2.34. The summed E-state index contributed by atoms with van der Waals surface area (Å²) in [4.78, 5) is 9.94. The number of anilines is 1. The van der Waals surface area contributed by atoms with Crippen molar-refractivity contribution in [3.63, 3.8) is 0 Å². The van der Waals surface area contributed by atoms with E-state index in [2.05, 4.69) is 10.5 Å². The fourth-order valence-electron chi connectivity index (χ4n) is 1.75. The van der Waals surface area contributed by atoms with Crippen LogP contribution in [0.25, 0.3) is 0 Å². The van der Waals surface area contributed by atoms with Crippen molar-refractivity contribution in [3.8, 4) is 5.75 Å². The molecule has 0 fully saturated rings. The van der Waals surface area contributed by atoms with E-state index in [1.54, 1.807) is 0 Å². The van der Waals surface area contributed by atoms with Gasteiger partial charge in [0, 0.05) is 12.1 Å². The SMILES string of the molecule is O=[N+]([O-])c1ccc([O-])c(/C=N\Nc2ccccc2C(F)(F)F)c1. The van der Waals surface area contributed by atoms with Crippen molar-refractivity contribution in [2.45, 2.75) is 6.18 Å². The lowest BCUT2D eigenvalue weighted by Crippen LogP contribution is -2.08. The summed E-state index contributed by atoms with van der Waals surface area (Å²) < 4.78 is 38.4. The number of hydrazone groups is 1. The molecule has 0 aromatic heterocycles. The number of nitro groups is 1. The summed E-state index contributed by atoms with van der Waals surface area (Å²) in [6, 6.07) is 7.68. The maximum Gasteiger partial charge on any atom is 0.418 e. The summed E-state index contributed by atoms with van der Waals surface area (Å²) >= 11 is 0. The smallest absolute Gasteiger partial charge is 0.418 e. The van der Waals surface area contributed by atoms with Crippen molar-refractivity contribution in [1.82, 2.24) is 0 Å². The first kappa shape index (κ1) is 16.3. The van der Waals surface area contributed by atoms with Crippen LogP contribution in [0.2, 0.25) is 0 Å². The summed E-state index contributed by atoms with van der Waals surface area (Å²) in [6.07, 6.45) is -3.63. The molecule has 6 nitrogen and oxygen atoms in total. The average Bonchev–Trinajstić information content (AvgIpc) is 2.48. The van der Waals surface area contributed by atoms with Gasteiger partial charge in [0.05, 0.1) is 22.4 Å². The Morgan fingerprint density at radius 3 is 2.52 bits per heavy atom. The number of non-ortho nitro benzene ring substituents is 1. The molecule has 0 unspecified atom stereocenters. The molecule has 1 N–H and O–H groups in total. The molecular formula is C14H9F3N3O3-. The van der Waals surface area contributed by atoms with E-state index < -0.39 is 22.4 Å². The highest BCUT2D eigenvalue weighted by molar-refractivity contribution is 5.84.